The maximum atomic E-state index is 13.0. The number of benzene rings is 3. The zero-order valence-electron chi connectivity index (χ0n) is 21.0. The molecule has 0 aliphatic rings. The van der Waals surface area contributed by atoms with Gasteiger partial charge in [0.1, 0.15) is 11.5 Å². The van der Waals surface area contributed by atoms with E-state index in [9.17, 15) is 44.3 Å². The van der Waals surface area contributed by atoms with Crippen LogP contribution < -0.4 is 20.1 Å². The molecule has 0 fully saturated rings. The van der Waals surface area contributed by atoms with E-state index in [-0.39, 0.29) is 17.5 Å². The first-order chi connectivity index (χ1) is 19.0. The number of carbonyl (C=O) groups is 1. The first-order valence-corrected chi connectivity index (χ1v) is 11.9. The fourth-order valence-corrected chi connectivity index (χ4v) is 4.17. The summed E-state index contributed by atoms with van der Waals surface area (Å²) in [5.41, 5.74) is -0.777. The third-order valence-corrected chi connectivity index (χ3v) is 5.83. The third-order valence-electron chi connectivity index (χ3n) is 5.83. The van der Waals surface area contributed by atoms with E-state index in [4.69, 9.17) is 0 Å². The highest BCUT2D eigenvalue weighted by molar-refractivity contribution is 5.74. The van der Waals surface area contributed by atoms with Gasteiger partial charge in [-0.2, -0.15) is 13.2 Å². The Kier molecular flexibility index (Phi) is 9.66. The fraction of sp³-hybridized carbons (Fsp3) is 0.296. The Morgan fingerprint density at radius 2 is 1.17 bits per heavy atom. The molecule has 0 heterocycles. The number of nitrogens with one attached hydrogen (secondary N) is 2. The van der Waals surface area contributed by atoms with Gasteiger partial charge < -0.3 is 20.1 Å². The summed E-state index contributed by atoms with van der Waals surface area (Å²) in [7, 11) is 0. The van der Waals surface area contributed by atoms with E-state index in [0.717, 1.165) is 24.3 Å². The molecule has 0 aliphatic heterocycles. The topological polar surface area (TPSA) is 59.6 Å². The summed E-state index contributed by atoms with van der Waals surface area (Å²) in [4.78, 5) is 12.5. The van der Waals surface area contributed by atoms with E-state index in [0.29, 0.717) is 5.56 Å². The maximum absolute atomic E-state index is 13.0. The lowest BCUT2D eigenvalue weighted by Crippen LogP contribution is -2.47. The quantitative estimate of drug-likeness (QED) is 0.243. The molecule has 0 atom stereocenters. The lowest BCUT2D eigenvalue weighted by molar-refractivity contribution is -0.275. The SMILES string of the molecule is O=C(NCCC(F)(F)F)NCC(Cc1ccccc1)(c1cccc(OC(F)(F)F)c1)c1cccc(OC(F)(F)F)c1. The molecule has 0 saturated heterocycles. The Morgan fingerprint density at radius 3 is 1.63 bits per heavy atom. The molecule has 41 heavy (non-hydrogen) atoms. The van der Waals surface area contributed by atoms with E-state index in [1.807, 2.05) is 5.32 Å². The second-order valence-electron chi connectivity index (χ2n) is 8.87. The van der Waals surface area contributed by atoms with E-state index in [2.05, 4.69) is 14.8 Å². The highest BCUT2D eigenvalue weighted by atomic mass is 19.4. The number of carbonyl (C=O) groups excluding carboxylic acids is 1. The van der Waals surface area contributed by atoms with Gasteiger partial charge in [-0.05, 0) is 47.4 Å². The van der Waals surface area contributed by atoms with Gasteiger partial charge >= 0.3 is 24.9 Å². The largest absolute Gasteiger partial charge is 0.573 e. The number of hydrogen-bond donors (Lipinski definition) is 2. The Balaban J connectivity index is 2.12. The van der Waals surface area contributed by atoms with E-state index < -0.39 is 61.4 Å². The van der Waals surface area contributed by atoms with Crippen LogP contribution in [0.2, 0.25) is 0 Å². The lowest BCUT2D eigenvalue weighted by Gasteiger charge is -2.36. The predicted octanol–water partition coefficient (Wildman–Crippen LogP) is 7.26. The molecule has 0 bridgehead atoms. The van der Waals surface area contributed by atoms with Crippen LogP contribution in [0, 0.1) is 0 Å². The first-order valence-electron chi connectivity index (χ1n) is 11.9. The summed E-state index contributed by atoms with van der Waals surface area (Å²) in [6.07, 6.45) is -16.0. The van der Waals surface area contributed by atoms with Crippen LogP contribution in [-0.2, 0) is 11.8 Å². The van der Waals surface area contributed by atoms with Crippen LogP contribution in [0.1, 0.15) is 23.1 Å². The van der Waals surface area contributed by atoms with Crippen LogP contribution >= 0.6 is 0 Å². The molecule has 0 aromatic heterocycles. The van der Waals surface area contributed by atoms with Gasteiger partial charge in [0.15, 0.2) is 0 Å². The molecule has 0 saturated carbocycles. The van der Waals surface area contributed by atoms with Crippen LogP contribution in [0.4, 0.5) is 44.3 Å². The Hall–Kier alpha value is -4.10. The molecule has 3 rings (SSSR count). The summed E-state index contributed by atoms with van der Waals surface area (Å²) >= 11 is 0. The molecule has 2 N–H and O–H groups in total. The standard InChI is InChI=1S/C27H23F9N2O3/c28-25(29,30)12-13-37-23(39)38-17-24(16-18-6-2-1-3-7-18,19-8-4-10-21(14-19)40-26(31,32)33)20-9-5-11-22(15-20)41-27(34,35)36/h1-11,14-15H,12-13,16-17H2,(H2,37,38,39). The summed E-state index contributed by atoms with van der Waals surface area (Å²) in [6.45, 7) is -1.21. The zero-order valence-corrected chi connectivity index (χ0v) is 21.0. The van der Waals surface area contributed by atoms with Gasteiger partial charge in [-0.15, -0.1) is 26.3 Å². The third kappa shape index (κ3) is 10.1. The van der Waals surface area contributed by atoms with Crippen molar-refractivity contribution in [3.05, 3.63) is 95.6 Å². The maximum Gasteiger partial charge on any atom is 0.573 e. The van der Waals surface area contributed by atoms with Crippen LogP contribution in [-0.4, -0.2) is 38.0 Å². The molecule has 0 aliphatic carbocycles. The molecule has 0 unspecified atom stereocenters. The molecular formula is C27H23F9N2O3. The van der Waals surface area contributed by atoms with Gasteiger partial charge in [0, 0.05) is 18.5 Å². The molecule has 0 spiro atoms. The molecule has 222 valence electrons. The minimum Gasteiger partial charge on any atom is -0.406 e. The monoisotopic (exact) mass is 594 g/mol. The average Bonchev–Trinajstić information content (AvgIpc) is 2.85. The number of halogens is 9. The molecule has 5 nitrogen and oxygen atoms in total. The van der Waals surface area contributed by atoms with Gasteiger partial charge in [0.05, 0.1) is 6.42 Å². The van der Waals surface area contributed by atoms with E-state index >= 15 is 0 Å². The fourth-order valence-electron chi connectivity index (χ4n) is 4.17. The highest BCUT2D eigenvalue weighted by Gasteiger charge is 2.38. The summed E-state index contributed by atoms with van der Waals surface area (Å²) < 4.78 is 124. The van der Waals surface area contributed by atoms with Gasteiger partial charge in [-0.25, -0.2) is 4.79 Å². The van der Waals surface area contributed by atoms with Crippen molar-refractivity contribution < 1.29 is 53.8 Å². The van der Waals surface area contributed by atoms with Crippen LogP contribution in [0.15, 0.2) is 78.9 Å². The van der Waals surface area contributed by atoms with E-state index in [1.165, 1.54) is 24.3 Å². The average molecular weight is 594 g/mol. The first kappa shape index (κ1) is 31.4. The molecule has 14 heteroatoms. The smallest absolute Gasteiger partial charge is 0.406 e. The molecule has 2 amide bonds. The van der Waals surface area contributed by atoms with Crippen molar-refractivity contribution in [1.82, 2.24) is 10.6 Å². The second-order valence-corrected chi connectivity index (χ2v) is 8.87. The van der Waals surface area contributed by atoms with Gasteiger partial charge in [-0.3, -0.25) is 0 Å². The van der Waals surface area contributed by atoms with Crippen molar-refractivity contribution in [2.24, 2.45) is 0 Å². The Morgan fingerprint density at radius 1 is 0.659 bits per heavy atom. The van der Waals surface area contributed by atoms with Crippen LogP contribution in [0.25, 0.3) is 0 Å². The molecule has 0 radical (unpaired) electrons. The van der Waals surface area contributed by atoms with Crippen molar-refractivity contribution in [3.63, 3.8) is 0 Å². The normalized spacial score (nSPS) is 12.5. The molecule has 3 aromatic carbocycles. The predicted molar refractivity (Wildman–Crippen MR) is 129 cm³/mol. The van der Waals surface area contributed by atoms with Crippen molar-refractivity contribution in [2.75, 3.05) is 13.1 Å². The minimum atomic E-state index is -5.06. The van der Waals surface area contributed by atoms with Crippen molar-refractivity contribution in [3.8, 4) is 11.5 Å². The van der Waals surface area contributed by atoms with Gasteiger partial charge in [0.2, 0.25) is 0 Å². The number of alkyl halides is 9. The summed E-state index contributed by atoms with van der Waals surface area (Å²) in [5, 5.41) is 4.47. The Bertz CT molecular complexity index is 1230. The minimum absolute atomic E-state index is 0.0678. The highest BCUT2D eigenvalue weighted by Crippen LogP contribution is 2.40. The number of urea groups is 1. The zero-order chi connectivity index (χ0) is 30.3. The van der Waals surface area contributed by atoms with Gasteiger partial charge in [-0.1, -0.05) is 54.6 Å². The number of ether oxygens (including phenoxy) is 2. The number of amides is 2. The van der Waals surface area contributed by atoms with Crippen molar-refractivity contribution in [2.45, 2.75) is 37.2 Å². The van der Waals surface area contributed by atoms with Crippen molar-refractivity contribution >= 4 is 6.03 Å². The Labute approximate surface area is 228 Å². The van der Waals surface area contributed by atoms with E-state index in [1.54, 1.807) is 30.3 Å². The summed E-state index contributed by atoms with van der Waals surface area (Å²) in [6, 6.07) is 16.6. The van der Waals surface area contributed by atoms with Crippen LogP contribution in [0.3, 0.4) is 0 Å². The molecule has 3 aromatic rings. The number of hydrogen-bond acceptors (Lipinski definition) is 3. The lowest BCUT2D eigenvalue weighted by atomic mass is 9.70. The van der Waals surface area contributed by atoms with Crippen molar-refractivity contribution in [1.29, 1.82) is 0 Å². The second kappa shape index (κ2) is 12.6. The van der Waals surface area contributed by atoms with Gasteiger partial charge in [0.25, 0.3) is 0 Å². The molecular weight excluding hydrogens is 571 g/mol. The number of rotatable bonds is 10. The summed E-state index contributed by atoms with van der Waals surface area (Å²) in [5.74, 6) is -1.27. The van der Waals surface area contributed by atoms with Crippen LogP contribution in [0.5, 0.6) is 11.5 Å².